The highest BCUT2D eigenvalue weighted by Crippen LogP contribution is 2.23. The molecule has 1 atom stereocenters. The highest BCUT2D eigenvalue weighted by Gasteiger charge is 2.18. The van der Waals surface area contributed by atoms with E-state index in [0.717, 1.165) is 0 Å². The molecule has 0 saturated carbocycles. The Labute approximate surface area is 110 Å². The minimum atomic E-state index is -3.60. The van der Waals surface area contributed by atoms with E-state index < -0.39 is 16.1 Å². The molecular formula is C11H13BrN2O2S. The molecular weight excluding hydrogens is 304 g/mol. The summed E-state index contributed by atoms with van der Waals surface area (Å²) in [7, 11) is -3.60. The van der Waals surface area contributed by atoms with Gasteiger partial charge in [0.15, 0.2) is 0 Å². The van der Waals surface area contributed by atoms with Gasteiger partial charge in [0, 0.05) is 10.2 Å². The zero-order valence-corrected chi connectivity index (χ0v) is 11.7. The Morgan fingerprint density at radius 2 is 2.24 bits per heavy atom. The van der Waals surface area contributed by atoms with Gasteiger partial charge in [0.2, 0.25) is 10.0 Å². The van der Waals surface area contributed by atoms with Crippen LogP contribution in [0, 0.1) is 12.3 Å². The first-order valence-electron chi connectivity index (χ1n) is 4.94. The van der Waals surface area contributed by atoms with E-state index in [4.69, 9.17) is 12.2 Å². The van der Waals surface area contributed by atoms with Crippen LogP contribution in [0.3, 0.4) is 0 Å². The number of terminal acetylenes is 1. The maximum atomic E-state index is 12.0. The van der Waals surface area contributed by atoms with Crippen LogP contribution in [-0.2, 0) is 10.0 Å². The summed E-state index contributed by atoms with van der Waals surface area (Å²) >= 11 is 3.18. The van der Waals surface area contributed by atoms with Crippen LogP contribution in [0.5, 0.6) is 0 Å². The third kappa shape index (κ3) is 3.46. The second-order valence-corrected chi connectivity index (χ2v) is 6.00. The molecule has 0 saturated heterocycles. The zero-order chi connectivity index (χ0) is 13.1. The molecule has 0 fully saturated rings. The minimum Gasteiger partial charge on any atom is -0.398 e. The van der Waals surface area contributed by atoms with Crippen molar-refractivity contribution in [2.24, 2.45) is 0 Å². The molecule has 1 unspecified atom stereocenters. The topological polar surface area (TPSA) is 72.2 Å². The number of sulfonamides is 1. The first-order chi connectivity index (χ1) is 7.90. The second-order valence-electron chi connectivity index (χ2n) is 3.43. The average Bonchev–Trinajstić information content (AvgIpc) is 2.29. The molecule has 0 aromatic heterocycles. The summed E-state index contributed by atoms with van der Waals surface area (Å²) in [5, 5.41) is 0. The predicted molar refractivity (Wildman–Crippen MR) is 71.8 cm³/mol. The average molecular weight is 317 g/mol. The van der Waals surface area contributed by atoms with E-state index in [1.165, 1.54) is 18.2 Å². The SMILES string of the molecule is C#CC(CC)NS(=O)(=O)c1ccc(N)c(Br)c1. The number of benzene rings is 1. The number of nitrogens with one attached hydrogen (secondary N) is 1. The molecule has 0 aliphatic rings. The monoisotopic (exact) mass is 316 g/mol. The maximum absolute atomic E-state index is 12.0. The second kappa shape index (κ2) is 5.54. The Balaban J connectivity index is 3.06. The van der Waals surface area contributed by atoms with Crippen LogP contribution < -0.4 is 10.5 Å². The van der Waals surface area contributed by atoms with Gasteiger partial charge < -0.3 is 5.73 Å². The summed E-state index contributed by atoms with van der Waals surface area (Å²) in [5.74, 6) is 2.38. The summed E-state index contributed by atoms with van der Waals surface area (Å²) in [5.41, 5.74) is 6.07. The largest absolute Gasteiger partial charge is 0.398 e. The number of nitrogens with two attached hydrogens (primary N) is 1. The van der Waals surface area contributed by atoms with Crippen molar-refractivity contribution >= 4 is 31.6 Å². The lowest BCUT2D eigenvalue weighted by Crippen LogP contribution is -2.33. The quantitative estimate of drug-likeness (QED) is 0.656. The number of hydrogen-bond acceptors (Lipinski definition) is 3. The molecule has 17 heavy (non-hydrogen) atoms. The van der Waals surface area contributed by atoms with Gasteiger partial charge in [-0.25, -0.2) is 8.42 Å². The van der Waals surface area contributed by atoms with Crippen LogP contribution in [0.25, 0.3) is 0 Å². The summed E-state index contributed by atoms with van der Waals surface area (Å²) in [6.45, 7) is 1.81. The van der Waals surface area contributed by atoms with Crippen molar-refractivity contribution in [2.45, 2.75) is 24.3 Å². The van der Waals surface area contributed by atoms with Crippen LogP contribution in [0.15, 0.2) is 27.6 Å². The highest BCUT2D eigenvalue weighted by atomic mass is 79.9. The fourth-order valence-corrected chi connectivity index (χ4v) is 2.96. The van der Waals surface area contributed by atoms with Crippen molar-refractivity contribution in [1.82, 2.24) is 4.72 Å². The molecule has 0 amide bonds. The number of anilines is 1. The molecule has 1 aromatic rings. The van der Waals surface area contributed by atoms with Crippen LogP contribution in [0.2, 0.25) is 0 Å². The van der Waals surface area contributed by atoms with Gasteiger partial charge in [-0.15, -0.1) is 6.42 Å². The van der Waals surface area contributed by atoms with Gasteiger partial charge in [-0.05, 0) is 40.5 Å². The summed E-state index contributed by atoms with van der Waals surface area (Å²) < 4.78 is 26.9. The van der Waals surface area contributed by atoms with Crippen molar-refractivity contribution in [2.75, 3.05) is 5.73 Å². The van der Waals surface area contributed by atoms with Crippen LogP contribution >= 0.6 is 15.9 Å². The standard InChI is InChI=1S/C11H13BrN2O2S/c1-3-8(4-2)14-17(15,16)9-5-6-11(13)10(12)7-9/h1,5-8,14H,4,13H2,2H3. The smallest absolute Gasteiger partial charge is 0.241 e. The Morgan fingerprint density at radius 3 is 2.71 bits per heavy atom. The number of rotatable bonds is 4. The molecule has 92 valence electrons. The van der Waals surface area contributed by atoms with Gasteiger partial charge in [-0.3, -0.25) is 0 Å². The number of nitrogen functional groups attached to an aromatic ring is 1. The normalized spacial score (nSPS) is 13.0. The lowest BCUT2D eigenvalue weighted by atomic mass is 10.3. The predicted octanol–water partition coefficient (Wildman–Crippen LogP) is 1.72. The van der Waals surface area contributed by atoms with Gasteiger partial charge >= 0.3 is 0 Å². The van der Waals surface area contributed by atoms with Gasteiger partial charge in [0.1, 0.15) is 0 Å². The molecule has 0 heterocycles. The molecule has 1 rings (SSSR count). The summed E-state index contributed by atoms with van der Waals surface area (Å²) in [6.07, 6.45) is 5.75. The van der Waals surface area contributed by atoms with Crippen molar-refractivity contribution < 1.29 is 8.42 Å². The van der Waals surface area contributed by atoms with Gasteiger partial charge in [-0.1, -0.05) is 12.8 Å². The zero-order valence-electron chi connectivity index (χ0n) is 9.27. The minimum absolute atomic E-state index is 0.132. The molecule has 0 radical (unpaired) electrons. The van der Waals surface area contributed by atoms with Crippen molar-refractivity contribution in [3.05, 3.63) is 22.7 Å². The highest BCUT2D eigenvalue weighted by molar-refractivity contribution is 9.10. The van der Waals surface area contributed by atoms with Gasteiger partial charge in [0.05, 0.1) is 10.9 Å². The first-order valence-corrected chi connectivity index (χ1v) is 7.21. The molecule has 0 aliphatic heterocycles. The van der Waals surface area contributed by atoms with Crippen LogP contribution in [-0.4, -0.2) is 14.5 Å². The Bertz CT molecular complexity index is 549. The molecule has 0 aliphatic carbocycles. The van der Waals surface area contributed by atoms with E-state index in [0.29, 0.717) is 16.6 Å². The number of halogens is 1. The van der Waals surface area contributed by atoms with E-state index in [1.807, 2.05) is 6.92 Å². The Hall–Kier alpha value is -1.03. The van der Waals surface area contributed by atoms with Gasteiger partial charge in [-0.2, -0.15) is 4.72 Å². The van der Waals surface area contributed by atoms with E-state index >= 15 is 0 Å². The Kier molecular flexibility index (Phi) is 4.57. The van der Waals surface area contributed by atoms with Crippen LogP contribution in [0.4, 0.5) is 5.69 Å². The molecule has 0 spiro atoms. The third-order valence-corrected chi connectivity index (χ3v) is 4.35. The van der Waals surface area contributed by atoms with E-state index in [2.05, 4.69) is 26.6 Å². The molecule has 6 heteroatoms. The van der Waals surface area contributed by atoms with E-state index in [-0.39, 0.29) is 4.90 Å². The van der Waals surface area contributed by atoms with Gasteiger partial charge in [0.25, 0.3) is 0 Å². The number of hydrogen-bond donors (Lipinski definition) is 2. The Morgan fingerprint density at radius 1 is 1.59 bits per heavy atom. The summed E-state index contributed by atoms with van der Waals surface area (Å²) in [4.78, 5) is 0.132. The van der Waals surface area contributed by atoms with E-state index in [9.17, 15) is 8.42 Å². The molecule has 1 aromatic carbocycles. The van der Waals surface area contributed by atoms with Crippen molar-refractivity contribution in [1.29, 1.82) is 0 Å². The molecule has 4 nitrogen and oxygen atoms in total. The van der Waals surface area contributed by atoms with Crippen molar-refractivity contribution in [3.63, 3.8) is 0 Å². The van der Waals surface area contributed by atoms with Crippen molar-refractivity contribution in [3.8, 4) is 12.3 Å². The maximum Gasteiger partial charge on any atom is 0.241 e. The fraction of sp³-hybridized carbons (Fsp3) is 0.273. The van der Waals surface area contributed by atoms with Crippen LogP contribution in [0.1, 0.15) is 13.3 Å². The summed E-state index contributed by atoms with van der Waals surface area (Å²) in [6, 6.07) is 3.90. The fourth-order valence-electron chi connectivity index (χ4n) is 1.17. The third-order valence-electron chi connectivity index (χ3n) is 2.19. The van der Waals surface area contributed by atoms with E-state index in [1.54, 1.807) is 0 Å². The molecule has 3 N–H and O–H groups in total. The lowest BCUT2D eigenvalue weighted by molar-refractivity contribution is 0.570. The molecule has 0 bridgehead atoms. The lowest BCUT2D eigenvalue weighted by Gasteiger charge is -2.12. The first kappa shape index (κ1) is 14.0.